The lowest BCUT2D eigenvalue weighted by molar-refractivity contribution is 0.0714. The Balaban J connectivity index is 0.762. The first-order chi connectivity index (χ1) is 45.2. The van der Waals surface area contributed by atoms with Crippen molar-refractivity contribution in [1.29, 1.82) is 0 Å². The zero-order chi connectivity index (χ0) is 64.6. The van der Waals surface area contributed by atoms with E-state index in [1.165, 1.54) is 290 Å². The van der Waals surface area contributed by atoms with Crippen LogP contribution in [0.1, 0.15) is 272 Å². The molecule has 7 aromatic carbocycles. The van der Waals surface area contributed by atoms with Crippen LogP contribution in [-0.4, -0.2) is 31.0 Å². The van der Waals surface area contributed by atoms with Crippen molar-refractivity contribution in [3.05, 3.63) is 197 Å². The first kappa shape index (κ1) is 71.7. The minimum atomic E-state index is -0.752. The molecule has 92 heavy (non-hydrogen) atoms. The second-order valence-corrected chi connectivity index (χ2v) is 25.1. The minimum Gasteiger partial charge on any atom is -0.497 e. The van der Waals surface area contributed by atoms with Gasteiger partial charge in [0, 0.05) is 0 Å². The van der Waals surface area contributed by atoms with Gasteiger partial charge < -0.3 is 23.7 Å². The first-order valence-corrected chi connectivity index (χ1v) is 35.3. The summed E-state index contributed by atoms with van der Waals surface area (Å²) in [6.45, 7) is 4.56. The molecule has 0 N–H and O–H groups in total. The van der Waals surface area contributed by atoms with Gasteiger partial charge in [0.05, 0.1) is 29.4 Å². The summed E-state index contributed by atoms with van der Waals surface area (Å²) in [7, 11) is 1.42. The van der Waals surface area contributed by atoms with E-state index in [1.54, 1.807) is 24.3 Å². The van der Waals surface area contributed by atoms with E-state index < -0.39 is 23.9 Å². The predicted molar refractivity (Wildman–Crippen MR) is 376 cm³/mol. The van der Waals surface area contributed by atoms with Gasteiger partial charge in [-0.25, -0.2) is 19.2 Å². The van der Waals surface area contributed by atoms with Crippen LogP contribution in [-0.2, 0) is 12.8 Å². The molecule has 0 atom stereocenters. The van der Waals surface area contributed by atoms with Crippen LogP contribution in [0.3, 0.4) is 0 Å². The van der Waals surface area contributed by atoms with Gasteiger partial charge in [-0.1, -0.05) is 279 Å². The fraction of sp³-hybridized carbons (Fsp3) is 0.446. The number of methoxy groups -OCH3 is 1. The summed E-state index contributed by atoms with van der Waals surface area (Å²) in [6.07, 6.45) is 46.0. The number of esters is 4. The van der Waals surface area contributed by atoms with Gasteiger partial charge in [-0.05, 0) is 150 Å². The van der Waals surface area contributed by atoms with E-state index >= 15 is 0 Å². The SMILES string of the molecule is CCCCCCCCCCCCCCCCCCc1ccc(-c2ccc(C(=O)Oc3ccc(OC(=O)c4cc(OC)cc(C(=O)Oc5ccc(OC(=O)c6ccc(-c7ccc(CCCCCCCCCCCCCCCCCC)cc7)cc6)cc5)c4)cc3)cc2)cc1. The number of aryl methyl sites for hydroxylation is 2. The van der Waals surface area contributed by atoms with Crippen molar-refractivity contribution in [2.75, 3.05) is 7.11 Å². The molecule has 7 aromatic rings. The monoisotopic (exact) mass is 1240 g/mol. The molecule has 0 heterocycles. The van der Waals surface area contributed by atoms with Crippen LogP contribution in [0.25, 0.3) is 22.3 Å². The van der Waals surface area contributed by atoms with E-state index in [1.807, 2.05) is 24.3 Å². The average molecular weight is 1250 g/mol. The highest BCUT2D eigenvalue weighted by atomic mass is 16.6. The summed E-state index contributed by atoms with van der Waals surface area (Å²) in [5.41, 5.74) is 7.78. The number of ether oxygens (including phenoxy) is 5. The molecule has 9 heteroatoms. The zero-order valence-electron chi connectivity index (χ0n) is 55.8. The van der Waals surface area contributed by atoms with Crippen LogP contribution in [0.15, 0.2) is 164 Å². The summed E-state index contributed by atoms with van der Waals surface area (Å²) < 4.78 is 28.0. The van der Waals surface area contributed by atoms with Crippen LogP contribution >= 0.6 is 0 Å². The Morgan fingerprint density at radius 2 is 0.457 bits per heavy atom. The maximum atomic E-state index is 13.4. The molecule has 0 radical (unpaired) electrons. The quantitative estimate of drug-likeness (QED) is 0.0209. The standard InChI is InChI=1S/C83H104O9/c1-4-6-8-10-12-14-16-18-20-22-24-26-28-30-32-34-36-65-38-42-67(43-39-65)69-46-50-71(51-47-69)80(84)89-75-54-58-77(59-55-75)91-82(86)73-62-74(64-79(63-73)88-3)83(87)92-78-60-56-76(57-61-78)90-81(85)72-52-48-70(49-53-72)68-44-40-66(41-45-68)37-35-33-31-29-27-25-23-21-19-17-15-13-11-9-7-5-2/h38-64H,4-37H2,1-3H3. The van der Waals surface area contributed by atoms with Crippen LogP contribution in [0.5, 0.6) is 28.7 Å². The third-order valence-corrected chi connectivity index (χ3v) is 17.6. The highest BCUT2D eigenvalue weighted by Gasteiger charge is 2.19. The number of rotatable bonds is 45. The number of carbonyl (C=O) groups excluding carboxylic acids is 4. The molecular weight excluding hydrogens is 1140 g/mol. The number of carbonyl (C=O) groups is 4. The van der Waals surface area contributed by atoms with E-state index in [2.05, 4.69) is 62.4 Å². The van der Waals surface area contributed by atoms with Gasteiger partial charge in [0.2, 0.25) is 0 Å². The Kier molecular flexibility index (Phi) is 33.0. The second-order valence-electron chi connectivity index (χ2n) is 25.1. The van der Waals surface area contributed by atoms with Crippen molar-refractivity contribution in [2.45, 2.75) is 232 Å². The molecule has 0 saturated carbocycles. The fourth-order valence-corrected chi connectivity index (χ4v) is 11.8. The van der Waals surface area contributed by atoms with Crippen LogP contribution in [0.4, 0.5) is 0 Å². The lowest BCUT2D eigenvalue weighted by Crippen LogP contribution is -2.13. The van der Waals surface area contributed by atoms with Crippen molar-refractivity contribution in [1.82, 2.24) is 0 Å². The maximum absolute atomic E-state index is 13.4. The van der Waals surface area contributed by atoms with Crippen molar-refractivity contribution in [2.24, 2.45) is 0 Å². The Labute approximate surface area is 551 Å². The molecule has 0 fully saturated rings. The summed E-state index contributed by atoms with van der Waals surface area (Å²) in [6, 6.07) is 48.6. The van der Waals surface area contributed by atoms with Crippen molar-refractivity contribution >= 4 is 23.9 Å². The van der Waals surface area contributed by atoms with Crippen LogP contribution in [0, 0.1) is 0 Å². The third-order valence-electron chi connectivity index (χ3n) is 17.6. The lowest BCUT2D eigenvalue weighted by atomic mass is 10.00. The van der Waals surface area contributed by atoms with Gasteiger partial charge in [0.25, 0.3) is 0 Å². The van der Waals surface area contributed by atoms with Crippen molar-refractivity contribution in [3.8, 4) is 51.0 Å². The molecule has 0 spiro atoms. The van der Waals surface area contributed by atoms with E-state index in [0.717, 1.165) is 35.1 Å². The topological polar surface area (TPSA) is 114 Å². The molecule has 9 nitrogen and oxygen atoms in total. The van der Waals surface area contributed by atoms with Crippen LogP contribution in [0.2, 0.25) is 0 Å². The van der Waals surface area contributed by atoms with Crippen LogP contribution < -0.4 is 23.7 Å². The smallest absolute Gasteiger partial charge is 0.343 e. The average Bonchev–Trinajstić information content (AvgIpc) is 1.30. The molecule has 0 bridgehead atoms. The van der Waals surface area contributed by atoms with E-state index in [9.17, 15) is 19.2 Å². The summed E-state index contributed by atoms with van der Waals surface area (Å²) in [5.74, 6) is -1.38. The number of hydrogen-bond donors (Lipinski definition) is 0. The van der Waals surface area contributed by atoms with E-state index in [-0.39, 0.29) is 39.9 Å². The summed E-state index contributed by atoms with van der Waals surface area (Å²) in [5, 5.41) is 0. The molecule has 0 aliphatic carbocycles. The molecule has 0 saturated heterocycles. The second kappa shape index (κ2) is 42.4. The van der Waals surface area contributed by atoms with Crippen molar-refractivity contribution < 1.29 is 42.9 Å². The van der Waals surface area contributed by atoms with Gasteiger partial charge >= 0.3 is 23.9 Å². The van der Waals surface area contributed by atoms with Gasteiger partial charge in [0.1, 0.15) is 28.7 Å². The molecule has 7 rings (SSSR count). The molecule has 0 unspecified atom stereocenters. The summed E-state index contributed by atoms with van der Waals surface area (Å²) >= 11 is 0. The van der Waals surface area contributed by atoms with Crippen molar-refractivity contribution in [3.63, 3.8) is 0 Å². The normalized spacial score (nSPS) is 11.1. The third kappa shape index (κ3) is 26.8. The largest absolute Gasteiger partial charge is 0.497 e. The van der Waals surface area contributed by atoms with Gasteiger partial charge in [-0.3, -0.25) is 0 Å². The summed E-state index contributed by atoms with van der Waals surface area (Å²) in [4.78, 5) is 53.1. The predicted octanol–water partition coefficient (Wildman–Crippen LogP) is 23.5. The molecular formula is C83H104O9. The molecule has 490 valence electrons. The number of hydrogen-bond acceptors (Lipinski definition) is 9. The van der Waals surface area contributed by atoms with Gasteiger partial charge in [-0.2, -0.15) is 0 Å². The lowest BCUT2D eigenvalue weighted by Gasteiger charge is -2.11. The number of benzene rings is 7. The first-order valence-electron chi connectivity index (χ1n) is 35.3. The molecule has 0 amide bonds. The fourth-order valence-electron chi connectivity index (χ4n) is 11.8. The molecule has 0 aliphatic heterocycles. The zero-order valence-corrected chi connectivity index (χ0v) is 55.8. The highest BCUT2D eigenvalue weighted by molar-refractivity contribution is 5.98. The minimum absolute atomic E-state index is 0.0425. The van der Waals surface area contributed by atoms with Gasteiger partial charge in [-0.15, -0.1) is 0 Å². The Hall–Kier alpha value is -7.78. The Bertz CT molecular complexity index is 2990. The van der Waals surface area contributed by atoms with Gasteiger partial charge in [0.15, 0.2) is 0 Å². The van der Waals surface area contributed by atoms with E-state index in [4.69, 9.17) is 23.7 Å². The Morgan fingerprint density at radius 3 is 0.696 bits per heavy atom. The number of unbranched alkanes of at least 4 members (excludes halogenated alkanes) is 30. The highest BCUT2D eigenvalue weighted by Crippen LogP contribution is 2.28. The van der Waals surface area contributed by atoms with E-state index in [0.29, 0.717) is 11.1 Å². The molecule has 0 aromatic heterocycles. The Morgan fingerprint density at radius 1 is 0.239 bits per heavy atom. The molecule has 0 aliphatic rings. The maximum Gasteiger partial charge on any atom is 0.343 e.